The second-order valence-corrected chi connectivity index (χ2v) is 5.27. The number of anilines is 1. The Morgan fingerprint density at radius 1 is 1.48 bits per heavy atom. The summed E-state index contributed by atoms with van der Waals surface area (Å²) in [7, 11) is 0. The number of azide groups is 1. The monoisotopic (exact) mass is 283 g/mol. The third kappa shape index (κ3) is 2.37. The molecular formula is C14H13N5O2. The normalized spacial score (nSPS) is 22.1. The standard InChI is InChI=1S/C14H13N5O2/c15-9-14(5-6-14)10-1-3-11(4-2-10)19-8-12(7-17-18-16)21-13(19)20/h1-4,12H,5-8H2. The number of carbonyl (C=O) groups is 1. The van der Waals surface area contributed by atoms with Gasteiger partial charge in [-0.1, -0.05) is 17.2 Å². The van der Waals surface area contributed by atoms with Gasteiger partial charge in [-0.2, -0.15) is 5.26 Å². The second-order valence-electron chi connectivity index (χ2n) is 5.27. The minimum absolute atomic E-state index is 0.133. The van der Waals surface area contributed by atoms with E-state index >= 15 is 0 Å². The number of benzene rings is 1. The molecule has 1 aliphatic heterocycles. The van der Waals surface area contributed by atoms with Crippen LogP contribution < -0.4 is 4.90 Å². The summed E-state index contributed by atoms with van der Waals surface area (Å²) in [6.07, 6.45) is 0.926. The Hall–Kier alpha value is -2.71. The molecule has 0 N–H and O–H groups in total. The maximum Gasteiger partial charge on any atom is 0.414 e. The third-order valence-electron chi connectivity index (χ3n) is 3.92. The summed E-state index contributed by atoms with van der Waals surface area (Å²) >= 11 is 0. The van der Waals surface area contributed by atoms with E-state index in [1.165, 1.54) is 4.90 Å². The van der Waals surface area contributed by atoms with E-state index < -0.39 is 12.2 Å². The van der Waals surface area contributed by atoms with Crippen LogP contribution in [0.25, 0.3) is 10.4 Å². The van der Waals surface area contributed by atoms with Crippen LogP contribution in [0.5, 0.6) is 0 Å². The van der Waals surface area contributed by atoms with Crippen molar-refractivity contribution < 1.29 is 9.53 Å². The van der Waals surface area contributed by atoms with Crippen molar-refractivity contribution in [1.29, 1.82) is 5.26 Å². The lowest BCUT2D eigenvalue weighted by Crippen LogP contribution is -2.25. The van der Waals surface area contributed by atoms with Gasteiger partial charge in [0.2, 0.25) is 0 Å². The molecule has 7 nitrogen and oxygen atoms in total. The average molecular weight is 283 g/mol. The number of nitriles is 1. The maximum absolute atomic E-state index is 11.8. The van der Waals surface area contributed by atoms with Crippen molar-refractivity contribution in [3.8, 4) is 6.07 Å². The lowest BCUT2D eigenvalue weighted by molar-refractivity contribution is 0.145. The smallest absolute Gasteiger partial charge is 0.414 e. The van der Waals surface area contributed by atoms with Gasteiger partial charge in [0.05, 0.1) is 24.6 Å². The molecule has 1 unspecified atom stereocenters. The van der Waals surface area contributed by atoms with E-state index in [1.54, 1.807) is 0 Å². The molecule has 1 saturated heterocycles. The van der Waals surface area contributed by atoms with Crippen LogP contribution in [-0.4, -0.2) is 25.3 Å². The fourth-order valence-corrected chi connectivity index (χ4v) is 2.51. The average Bonchev–Trinajstić information content (AvgIpc) is 3.23. The van der Waals surface area contributed by atoms with E-state index in [4.69, 9.17) is 10.3 Å². The Balaban J connectivity index is 1.74. The molecule has 106 valence electrons. The topological polar surface area (TPSA) is 102 Å². The maximum atomic E-state index is 11.8. The zero-order valence-electron chi connectivity index (χ0n) is 11.3. The summed E-state index contributed by atoms with van der Waals surface area (Å²) in [4.78, 5) is 16.0. The molecule has 1 aromatic carbocycles. The number of amides is 1. The van der Waals surface area contributed by atoms with Crippen LogP contribution in [0.4, 0.5) is 10.5 Å². The molecule has 1 aromatic rings. The molecule has 0 spiro atoms. The summed E-state index contributed by atoms with van der Waals surface area (Å²) in [5.74, 6) is 0. The van der Waals surface area contributed by atoms with Crippen molar-refractivity contribution in [2.75, 3.05) is 18.0 Å². The lowest BCUT2D eigenvalue weighted by Gasteiger charge is -2.14. The number of hydrogen-bond donors (Lipinski definition) is 0. The lowest BCUT2D eigenvalue weighted by atomic mass is 9.97. The van der Waals surface area contributed by atoms with Gasteiger partial charge in [0.1, 0.15) is 6.10 Å². The van der Waals surface area contributed by atoms with Gasteiger partial charge in [-0.3, -0.25) is 4.90 Å². The van der Waals surface area contributed by atoms with Crippen LogP contribution in [0.15, 0.2) is 29.4 Å². The van der Waals surface area contributed by atoms with E-state index in [0.717, 1.165) is 24.1 Å². The fraction of sp³-hybridized carbons (Fsp3) is 0.429. The van der Waals surface area contributed by atoms with Gasteiger partial charge < -0.3 is 4.74 Å². The third-order valence-corrected chi connectivity index (χ3v) is 3.92. The Bertz CT molecular complexity index is 653. The summed E-state index contributed by atoms with van der Waals surface area (Å²) in [5, 5.41) is 12.6. The highest BCUT2D eigenvalue weighted by Crippen LogP contribution is 2.47. The second kappa shape index (κ2) is 5.00. The van der Waals surface area contributed by atoms with E-state index in [2.05, 4.69) is 16.1 Å². The number of nitrogens with zero attached hydrogens (tertiary/aromatic N) is 5. The number of cyclic esters (lactones) is 1. The van der Waals surface area contributed by atoms with E-state index in [9.17, 15) is 10.1 Å². The van der Waals surface area contributed by atoms with Gasteiger partial charge >= 0.3 is 6.09 Å². The van der Waals surface area contributed by atoms with Gasteiger partial charge in [0, 0.05) is 10.6 Å². The Kier molecular flexibility index (Phi) is 3.16. The molecule has 0 bridgehead atoms. The Morgan fingerprint density at radius 2 is 2.19 bits per heavy atom. The van der Waals surface area contributed by atoms with E-state index in [0.29, 0.717) is 6.54 Å². The molecule has 7 heteroatoms. The number of rotatable bonds is 4. The minimum Gasteiger partial charge on any atom is -0.444 e. The van der Waals surface area contributed by atoms with Crippen LogP contribution in [-0.2, 0) is 10.2 Å². The zero-order valence-corrected chi connectivity index (χ0v) is 11.3. The van der Waals surface area contributed by atoms with Gasteiger partial charge in [-0.25, -0.2) is 4.79 Å². The molecule has 21 heavy (non-hydrogen) atoms. The Labute approximate surface area is 121 Å². The Morgan fingerprint density at radius 3 is 2.76 bits per heavy atom. The highest BCUT2D eigenvalue weighted by Gasteiger charge is 2.44. The summed E-state index contributed by atoms with van der Waals surface area (Å²) in [6, 6.07) is 9.77. The first kappa shape index (κ1) is 13.3. The van der Waals surface area contributed by atoms with Crippen LogP contribution in [0, 0.1) is 11.3 Å². The summed E-state index contributed by atoms with van der Waals surface area (Å²) in [6.45, 7) is 0.495. The fourth-order valence-electron chi connectivity index (χ4n) is 2.51. The van der Waals surface area contributed by atoms with Crippen molar-refractivity contribution in [2.24, 2.45) is 5.11 Å². The van der Waals surface area contributed by atoms with Crippen molar-refractivity contribution in [3.05, 3.63) is 40.3 Å². The number of ether oxygens (including phenoxy) is 1. The van der Waals surface area contributed by atoms with Crippen LogP contribution in [0.1, 0.15) is 18.4 Å². The largest absolute Gasteiger partial charge is 0.444 e. The van der Waals surface area contributed by atoms with Crippen molar-refractivity contribution in [1.82, 2.24) is 0 Å². The molecule has 0 radical (unpaired) electrons. The van der Waals surface area contributed by atoms with Crippen LogP contribution in [0.2, 0.25) is 0 Å². The molecule has 3 rings (SSSR count). The summed E-state index contributed by atoms with van der Waals surface area (Å²) < 4.78 is 5.13. The molecule has 2 fully saturated rings. The SMILES string of the molecule is N#CC1(c2ccc(N3CC(CN=[N+]=[N-])OC3=O)cc2)CC1. The van der Waals surface area contributed by atoms with Gasteiger partial charge in [0.15, 0.2) is 0 Å². The predicted octanol–water partition coefficient (Wildman–Crippen LogP) is 2.88. The number of hydrogen-bond acceptors (Lipinski definition) is 4. The highest BCUT2D eigenvalue weighted by molar-refractivity contribution is 5.89. The molecule has 1 atom stereocenters. The molecule has 1 heterocycles. The van der Waals surface area contributed by atoms with Crippen molar-refractivity contribution >= 4 is 11.8 Å². The molecule has 0 aromatic heterocycles. The quantitative estimate of drug-likeness (QED) is 0.482. The highest BCUT2D eigenvalue weighted by atomic mass is 16.6. The van der Waals surface area contributed by atoms with Crippen LogP contribution >= 0.6 is 0 Å². The molecule has 1 aliphatic carbocycles. The van der Waals surface area contributed by atoms with Gasteiger partial charge in [0.25, 0.3) is 0 Å². The molecule has 2 aliphatic rings. The predicted molar refractivity (Wildman–Crippen MR) is 74.6 cm³/mol. The molecule has 1 saturated carbocycles. The van der Waals surface area contributed by atoms with Crippen LogP contribution in [0.3, 0.4) is 0 Å². The van der Waals surface area contributed by atoms with Crippen molar-refractivity contribution in [2.45, 2.75) is 24.4 Å². The first-order valence-electron chi connectivity index (χ1n) is 6.69. The summed E-state index contributed by atoms with van der Waals surface area (Å²) in [5.41, 5.74) is 9.68. The van der Waals surface area contributed by atoms with E-state index in [-0.39, 0.29) is 12.0 Å². The van der Waals surface area contributed by atoms with Gasteiger partial charge in [-0.15, -0.1) is 0 Å². The number of carbonyl (C=O) groups excluding carboxylic acids is 1. The first-order chi connectivity index (χ1) is 10.2. The van der Waals surface area contributed by atoms with E-state index in [1.807, 2.05) is 24.3 Å². The molecule has 1 amide bonds. The molecular weight excluding hydrogens is 270 g/mol. The first-order valence-corrected chi connectivity index (χ1v) is 6.69. The van der Waals surface area contributed by atoms with Crippen molar-refractivity contribution in [3.63, 3.8) is 0 Å². The van der Waals surface area contributed by atoms with Gasteiger partial charge in [-0.05, 0) is 36.1 Å². The zero-order chi connectivity index (χ0) is 14.9. The minimum atomic E-state index is -0.442.